The number of hydrogen-bond acceptors (Lipinski definition) is 3. The molecule has 1 saturated heterocycles. The molecule has 6 nitrogen and oxygen atoms in total. The van der Waals surface area contributed by atoms with E-state index in [0.29, 0.717) is 24.8 Å². The van der Waals surface area contributed by atoms with Gasteiger partial charge < -0.3 is 15.2 Å². The van der Waals surface area contributed by atoms with Crippen molar-refractivity contribution < 1.29 is 9.59 Å². The van der Waals surface area contributed by atoms with Crippen molar-refractivity contribution in [2.45, 2.75) is 45.7 Å². The molecule has 6 heteroatoms. The van der Waals surface area contributed by atoms with Crippen LogP contribution in [0, 0.1) is 13.8 Å². The third kappa shape index (κ3) is 3.72. The van der Waals surface area contributed by atoms with Crippen LogP contribution in [0.4, 0.5) is 0 Å². The highest BCUT2D eigenvalue weighted by atomic mass is 16.2. The molecule has 1 aliphatic heterocycles. The molecule has 2 aliphatic rings. The number of nitrogens with zero attached hydrogens (tertiary/aromatic N) is 2. The van der Waals surface area contributed by atoms with Crippen molar-refractivity contribution >= 4 is 22.7 Å². The van der Waals surface area contributed by atoms with Crippen LogP contribution in [0.2, 0.25) is 0 Å². The molecule has 1 aromatic heterocycles. The Morgan fingerprint density at radius 2 is 1.81 bits per heavy atom. The topological polar surface area (TPSA) is 68.4 Å². The molecule has 0 radical (unpaired) electrons. The van der Waals surface area contributed by atoms with Crippen LogP contribution in [-0.2, 0) is 4.79 Å². The van der Waals surface area contributed by atoms with E-state index in [-0.39, 0.29) is 17.9 Å². The maximum Gasteiger partial charge on any atom is 0.270 e. The number of benzene rings is 1. The van der Waals surface area contributed by atoms with Crippen molar-refractivity contribution in [3.63, 3.8) is 0 Å². The maximum atomic E-state index is 12.9. The summed E-state index contributed by atoms with van der Waals surface area (Å²) < 4.78 is 0. The molecule has 0 bridgehead atoms. The first-order valence-corrected chi connectivity index (χ1v) is 9.86. The van der Waals surface area contributed by atoms with Gasteiger partial charge in [0.25, 0.3) is 5.91 Å². The van der Waals surface area contributed by atoms with E-state index in [2.05, 4.69) is 41.2 Å². The van der Waals surface area contributed by atoms with Crippen LogP contribution in [0.5, 0.6) is 0 Å². The summed E-state index contributed by atoms with van der Waals surface area (Å²) in [5.41, 5.74) is 4.03. The Morgan fingerprint density at radius 3 is 2.48 bits per heavy atom. The molecule has 1 saturated carbocycles. The number of hydrogen-bond donors (Lipinski definition) is 2. The second-order valence-corrected chi connectivity index (χ2v) is 8.01. The lowest BCUT2D eigenvalue weighted by molar-refractivity contribution is -0.126. The van der Waals surface area contributed by atoms with Crippen molar-refractivity contribution in [3.8, 4) is 0 Å². The fraction of sp³-hybridized carbons (Fsp3) is 0.524. The van der Waals surface area contributed by atoms with Crippen molar-refractivity contribution in [2.75, 3.05) is 26.2 Å². The number of piperazine rings is 1. The third-order valence-corrected chi connectivity index (χ3v) is 5.77. The fourth-order valence-corrected chi connectivity index (χ4v) is 3.91. The Hall–Kier alpha value is -2.34. The summed E-state index contributed by atoms with van der Waals surface area (Å²) in [7, 11) is 0. The number of aryl methyl sites for hydroxylation is 2. The molecule has 2 N–H and O–H groups in total. The van der Waals surface area contributed by atoms with Crippen LogP contribution in [0.15, 0.2) is 18.2 Å². The van der Waals surface area contributed by atoms with Gasteiger partial charge in [-0.1, -0.05) is 6.07 Å². The van der Waals surface area contributed by atoms with Crippen LogP contribution in [0.3, 0.4) is 0 Å². The van der Waals surface area contributed by atoms with Gasteiger partial charge >= 0.3 is 0 Å². The molecule has 2 aromatic rings. The van der Waals surface area contributed by atoms with Crippen LogP contribution >= 0.6 is 0 Å². The molecule has 4 rings (SSSR count). The van der Waals surface area contributed by atoms with Crippen molar-refractivity contribution in [2.24, 2.45) is 0 Å². The molecule has 1 aliphatic carbocycles. The Bertz CT molecular complexity index is 876. The molecule has 144 valence electrons. The van der Waals surface area contributed by atoms with E-state index in [1.54, 1.807) is 0 Å². The lowest BCUT2D eigenvalue weighted by Crippen LogP contribution is -2.55. The number of aromatic nitrogens is 1. The highest BCUT2D eigenvalue weighted by Gasteiger charge is 2.31. The average molecular weight is 368 g/mol. The molecule has 2 heterocycles. The van der Waals surface area contributed by atoms with Gasteiger partial charge in [0.2, 0.25) is 5.91 Å². The number of fused-ring (bicyclic) bond motifs is 1. The molecule has 27 heavy (non-hydrogen) atoms. The van der Waals surface area contributed by atoms with Crippen molar-refractivity contribution in [3.05, 3.63) is 35.0 Å². The van der Waals surface area contributed by atoms with Gasteiger partial charge in [0.15, 0.2) is 0 Å². The van der Waals surface area contributed by atoms with Crippen LogP contribution < -0.4 is 5.32 Å². The lowest BCUT2D eigenvalue weighted by Gasteiger charge is -2.37. The molecular weight excluding hydrogens is 340 g/mol. The molecule has 1 atom stereocenters. The number of rotatable bonds is 4. The predicted octanol–water partition coefficient (Wildman–Crippen LogP) is 2.21. The monoisotopic (exact) mass is 368 g/mol. The van der Waals surface area contributed by atoms with Crippen LogP contribution in [0.25, 0.3) is 10.9 Å². The van der Waals surface area contributed by atoms with Crippen molar-refractivity contribution in [1.29, 1.82) is 0 Å². The summed E-state index contributed by atoms with van der Waals surface area (Å²) in [6.07, 6.45) is 2.20. The number of carbonyl (C=O) groups is 2. The number of amides is 2. The second-order valence-electron chi connectivity index (χ2n) is 8.01. The zero-order valence-corrected chi connectivity index (χ0v) is 16.3. The van der Waals surface area contributed by atoms with Gasteiger partial charge in [0.05, 0.1) is 6.04 Å². The maximum absolute atomic E-state index is 12.9. The zero-order valence-electron chi connectivity index (χ0n) is 16.3. The number of carbonyl (C=O) groups excluding carboxylic acids is 2. The lowest BCUT2D eigenvalue weighted by atomic mass is 10.1. The average Bonchev–Trinajstić information content (AvgIpc) is 3.36. The molecule has 1 aromatic carbocycles. The highest BCUT2D eigenvalue weighted by Crippen LogP contribution is 2.23. The summed E-state index contributed by atoms with van der Waals surface area (Å²) in [5, 5.41) is 4.17. The molecule has 0 spiro atoms. The first-order chi connectivity index (χ1) is 12.9. The first kappa shape index (κ1) is 18.0. The molecule has 2 fully saturated rings. The van der Waals surface area contributed by atoms with Crippen LogP contribution in [-0.4, -0.2) is 64.9 Å². The third-order valence-electron chi connectivity index (χ3n) is 5.77. The van der Waals surface area contributed by atoms with Gasteiger partial charge in [-0.3, -0.25) is 14.5 Å². The molecule has 2 amide bonds. The minimum atomic E-state index is -0.137. The van der Waals surface area contributed by atoms with Gasteiger partial charge in [0.1, 0.15) is 5.69 Å². The largest absolute Gasteiger partial charge is 0.352 e. The number of aromatic amines is 1. The number of H-pyrrole nitrogens is 1. The number of nitrogens with one attached hydrogen (secondary N) is 2. The summed E-state index contributed by atoms with van der Waals surface area (Å²) >= 11 is 0. The van der Waals surface area contributed by atoms with Gasteiger partial charge in [-0.15, -0.1) is 0 Å². The Labute approximate surface area is 159 Å². The first-order valence-electron chi connectivity index (χ1n) is 9.86. The zero-order chi connectivity index (χ0) is 19.1. The van der Waals surface area contributed by atoms with Gasteiger partial charge in [-0.05, 0) is 56.9 Å². The summed E-state index contributed by atoms with van der Waals surface area (Å²) in [6, 6.07) is 6.43. The Kier molecular flexibility index (Phi) is 4.68. The molecular formula is C21H28N4O2. The van der Waals surface area contributed by atoms with Gasteiger partial charge in [-0.2, -0.15) is 0 Å². The Morgan fingerprint density at radius 1 is 1.11 bits per heavy atom. The quantitative estimate of drug-likeness (QED) is 0.869. The minimum absolute atomic E-state index is 0.0398. The van der Waals surface area contributed by atoms with Crippen molar-refractivity contribution in [1.82, 2.24) is 20.1 Å². The highest BCUT2D eigenvalue weighted by molar-refractivity contribution is 5.99. The minimum Gasteiger partial charge on any atom is -0.352 e. The van der Waals surface area contributed by atoms with Gasteiger partial charge in [0, 0.05) is 43.1 Å². The SMILES string of the molecule is Cc1cc(C)c2cc(C(=O)N3CCN(C(C)C(=O)NC4CC4)CC3)[nH]c2c1. The fourth-order valence-electron chi connectivity index (χ4n) is 3.91. The van der Waals surface area contributed by atoms with Gasteiger partial charge in [-0.25, -0.2) is 0 Å². The Balaban J connectivity index is 1.39. The molecule has 1 unspecified atom stereocenters. The van der Waals surface area contributed by atoms with Crippen LogP contribution in [0.1, 0.15) is 41.4 Å². The van der Waals surface area contributed by atoms with E-state index in [1.165, 1.54) is 11.1 Å². The summed E-state index contributed by atoms with van der Waals surface area (Å²) in [6.45, 7) is 8.84. The van der Waals surface area contributed by atoms with E-state index >= 15 is 0 Å². The summed E-state index contributed by atoms with van der Waals surface area (Å²) in [5.74, 6) is 0.150. The summed E-state index contributed by atoms with van der Waals surface area (Å²) in [4.78, 5) is 32.5. The van der Waals surface area contributed by atoms with E-state index in [4.69, 9.17) is 0 Å². The smallest absolute Gasteiger partial charge is 0.270 e. The second kappa shape index (κ2) is 7.00. The standard InChI is InChI=1S/C21H28N4O2/c1-13-10-14(2)17-12-19(23-18(17)11-13)21(27)25-8-6-24(7-9-25)15(3)20(26)22-16-4-5-16/h10-12,15-16,23H,4-9H2,1-3H3,(H,22,26). The van der Waals surface area contributed by atoms with E-state index < -0.39 is 0 Å². The van der Waals surface area contributed by atoms with E-state index in [1.807, 2.05) is 17.9 Å². The normalized spacial score (nSPS) is 19.3. The predicted molar refractivity (Wildman–Crippen MR) is 106 cm³/mol. The van der Waals surface area contributed by atoms with E-state index in [9.17, 15) is 9.59 Å². The van der Waals surface area contributed by atoms with E-state index in [0.717, 1.165) is 36.8 Å².